The van der Waals surface area contributed by atoms with Crippen molar-refractivity contribution in [3.63, 3.8) is 0 Å². The van der Waals surface area contributed by atoms with Gasteiger partial charge in [0.25, 0.3) is 0 Å². The Morgan fingerprint density at radius 3 is 2.93 bits per heavy atom. The van der Waals surface area contributed by atoms with Gasteiger partial charge in [0.1, 0.15) is 0 Å². The van der Waals surface area contributed by atoms with Gasteiger partial charge in [0.15, 0.2) is 6.29 Å². The van der Waals surface area contributed by atoms with Crippen LogP contribution >= 0.6 is 11.6 Å². The summed E-state index contributed by atoms with van der Waals surface area (Å²) in [4.78, 5) is 14.7. The van der Waals surface area contributed by atoms with E-state index in [0.29, 0.717) is 10.6 Å². The third-order valence-corrected chi connectivity index (χ3v) is 2.26. The summed E-state index contributed by atoms with van der Waals surface area (Å²) < 4.78 is 1.75. The number of carbonyl (C=O) groups is 1. The van der Waals surface area contributed by atoms with Crippen molar-refractivity contribution < 1.29 is 4.79 Å². The smallest absolute Gasteiger partial charge is 0.153 e. The van der Waals surface area contributed by atoms with Crippen LogP contribution in [0.2, 0.25) is 5.02 Å². The van der Waals surface area contributed by atoms with Crippen molar-refractivity contribution in [1.29, 1.82) is 0 Å². The lowest BCUT2D eigenvalue weighted by Crippen LogP contribution is -1.96. The number of hydrogen-bond donors (Lipinski definition) is 0. The normalized spacial score (nSPS) is 10.1. The van der Waals surface area contributed by atoms with Crippen LogP contribution in [0.3, 0.4) is 0 Å². The maximum atomic E-state index is 10.8. The predicted octanol–water partition coefficient (Wildman–Crippen LogP) is 2.34. The van der Waals surface area contributed by atoms with Crippen molar-refractivity contribution in [1.82, 2.24) is 9.55 Å². The van der Waals surface area contributed by atoms with Crippen LogP contribution in [0.1, 0.15) is 10.4 Å². The lowest BCUT2D eigenvalue weighted by Gasteiger charge is -2.06. The molecule has 0 radical (unpaired) electrons. The summed E-state index contributed by atoms with van der Waals surface area (Å²) in [6.45, 7) is 0. The number of rotatable bonds is 2. The average Bonchev–Trinajstić information content (AvgIpc) is 2.70. The van der Waals surface area contributed by atoms with Gasteiger partial charge < -0.3 is 4.57 Å². The van der Waals surface area contributed by atoms with Crippen LogP contribution in [0.4, 0.5) is 0 Å². The monoisotopic (exact) mass is 206 g/mol. The van der Waals surface area contributed by atoms with E-state index in [1.165, 1.54) is 0 Å². The van der Waals surface area contributed by atoms with E-state index in [1.807, 2.05) is 6.07 Å². The zero-order chi connectivity index (χ0) is 9.97. The number of carbonyl (C=O) groups excluding carboxylic acids is 1. The van der Waals surface area contributed by atoms with Crippen molar-refractivity contribution in [2.45, 2.75) is 0 Å². The number of imidazole rings is 1. The van der Waals surface area contributed by atoms with Gasteiger partial charge in [-0.3, -0.25) is 4.79 Å². The van der Waals surface area contributed by atoms with Crippen LogP contribution in [0.25, 0.3) is 5.69 Å². The molecule has 0 amide bonds. The minimum atomic E-state index is 0.450. The van der Waals surface area contributed by atoms with Crippen molar-refractivity contribution >= 4 is 17.9 Å². The predicted molar refractivity (Wildman–Crippen MR) is 54.0 cm³/mol. The summed E-state index contributed by atoms with van der Waals surface area (Å²) in [6, 6.07) is 5.30. The molecular weight excluding hydrogens is 200 g/mol. The first-order valence-corrected chi connectivity index (χ1v) is 4.43. The van der Waals surface area contributed by atoms with Gasteiger partial charge in [-0.25, -0.2) is 4.98 Å². The fourth-order valence-corrected chi connectivity index (χ4v) is 1.48. The molecule has 70 valence electrons. The fraction of sp³-hybridized carbons (Fsp3) is 0. The fourth-order valence-electron chi connectivity index (χ4n) is 1.27. The molecule has 3 nitrogen and oxygen atoms in total. The number of benzene rings is 1. The van der Waals surface area contributed by atoms with Gasteiger partial charge in [-0.1, -0.05) is 17.7 Å². The van der Waals surface area contributed by atoms with E-state index in [-0.39, 0.29) is 0 Å². The standard InChI is InChI=1S/C10H7ClN2O/c11-9-2-1-3-10(8(9)6-14)13-5-4-12-7-13/h1-7H. The zero-order valence-corrected chi connectivity index (χ0v) is 7.98. The molecule has 14 heavy (non-hydrogen) atoms. The van der Waals surface area contributed by atoms with Crippen molar-refractivity contribution in [3.05, 3.63) is 47.5 Å². The first-order chi connectivity index (χ1) is 6.83. The Hall–Kier alpha value is -1.61. The summed E-state index contributed by atoms with van der Waals surface area (Å²) in [5.41, 5.74) is 1.22. The largest absolute Gasteiger partial charge is 0.306 e. The number of hydrogen-bond acceptors (Lipinski definition) is 2. The maximum absolute atomic E-state index is 10.8. The number of halogens is 1. The molecule has 0 atom stereocenters. The Labute approximate surface area is 86.0 Å². The van der Waals surface area contributed by atoms with Gasteiger partial charge in [-0.15, -0.1) is 0 Å². The number of aldehydes is 1. The van der Waals surface area contributed by atoms with Gasteiger partial charge in [-0.05, 0) is 12.1 Å². The highest BCUT2D eigenvalue weighted by Crippen LogP contribution is 2.20. The van der Waals surface area contributed by atoms with E-state index < -0.39 is 0 Å². The molecular formula is C10H7ClN2O. The van der Waals surface area contributed by atoms with E-state index in [4.69, 9.17) is 11.6 Å². The molecule has 0 fully saturated rings. The van der Waals surface area contributed by atoms with Crippen LogP contribution in [-0.2, 0) is 0 Å². The molecule has 0 saturated heterocycles. The summed E-state index contributed by atoms with van der Waals surface area (Å²) in [5, 5.41) is 0.450. The van der Waals surface area contributed by atoms with Crippen LogP contribution < -0.4 is 0 Å². The van der Waals surface area contributed by atoms with Crippen LogP contribution in [-0.4, -0.2) is 15.8 Å². The van der Waals surface area contributed by atoms with Crippen molar-refractivity contribution in [3.8, 4) is 5.69 Å². The van der Waals surface area contributed by atoms with Gasteiger partial charge in [0, 0.05) is 12.4 Å². The van der Waals surface area contributed by atoms with Gasteiger partial charge in [0.2, 0.25) is 0 Å². The minimum absolute atomic E-state index is 0.450. The first kappa shape index (κ1) is 8.97. The maximum Gasteiger partial charge on any atom is 0.153 e. The molecule has 0 unspecified atom stereocenters. The molecule has 0 aliphatic rings. The molecule has 0 N–H and O–H groups in total. The van der Waals surface area contributed by atoms with E-state index in [9.17, 15) is 4.79 Å². The summed E-state index contributed by atoms with van der Waals surface area (Å²) in [6.07, 6.45) is 5.78. The van der Waals surface area contributed by atoms with E-state index >= 15 is 0 Å². The average molecular weight is 207 g/mol. The molecule has 0 bridgehead atoms. The Balaban J connectivity index is 2.64. The molecule has 2 rings (SSSR count). The van der Waals surface area contributed by atoms with E-state index in [2.05, 4.69) is 4.98 Å². The van der Waals surface area contributed by atoms with Gasteiger partial charge in [-0.2, -0.15) is 0 Å². The Bertz CT molecular complexity index is 451. The lowest BCUT2D eigenvalue weighted by atomic mass is 10.2. The molecule has 0 saturated carbocycles. The van der Waals surface area contributed by atoms with Crippen LogP contribution in [0.5, 0.6) is 0 Å². The third kappa shape index (κ3) is 1.42. The van der Waals surface area contributed by atoms with Crippen LogP contribution in [0, 0.1) is 0 Å². The van der Waals surface area contributed by atoms with E-state index in [1.54, 1.807) is 35.4 Å². The topological polar surface area (TPSA) is 34.9 Å². The van der Waals surface area contributed by atoms with Crippen LogP contribution in [0.15, 0.2) is 36.9 Å². The zero-order valence-electron chi connectivity index (χ0n) is 7.22. The van der Waals surface area contributed by atoms with Crippen molar-refractivity contribution in [2.75, 3.05) is 0 Å². The molecule has 0 spiro atoms. The molecule has 4 heteroatoms. The first-order valence-electron chi connectivity index (χ1n) is 4.05. The SMILES string of the molecule is O=Cc1c(Cl)cccc1-n1ccnc1. The summed E-state index contributed by atoms with van der Waals surface area (Å²) in [5.74, 6) is 0. The number of aromatic nitrogens is 2. The lowest BCUT2D eigenvalue weighted by molar-refractivity contribution is 0.112. The highest BCUT2D eigenvalue weighted by Gasteiger charge is 2.06. The Morgan fingerprint density at radius 2 is 2.29 bits per heavy atom. The quantitative estimate of drug-likeness (QED) is 0.707. The number of nitrogens with zero attached hydrogens (tertiary/aromatic N) is 2. The van der Waals surface area contributed by atoms with E-state index in [0.717, 1.165) is 12.0 Å². The highest BCUT2D eigenvalue weighted by atomic mass is 35.5. The van der Waals surface area contributed by atoms with Gasteiger partial charge >= 0.3 is 0 Å². The van der Waals surface area contributed by atoms with Gasteiger partial charge in [0.05, 0.1) is 22.6 Å². The minimum Gasteiger partial charge on any atom is -0.306 e. The highest BCUT2D eigenvalue weighted by molar-refractivity contribution is 6.33. The molecule has 0 aliphatic heterocycles. The Kier molecular flexibility index (Phi) is 2.33. The second-order valence-electron chi connectivity index (χ2n) is 2.76. The third-order valence-electron chi connectivity index (χ3n) is 1.93. The van der Waals surface area contributed by atoms with Crippen molar-refractivity contribution in [2.24, 2.45) is 0 Å². The molecule has 1 heterocycles. The molecule has 0 aliphatic carbocycles. The molecule has 1 aromatic carbocycles. The summed E-state index contributed by atoms with van der Waals surface area (Å²) >= 11 is 5.88. The second kappa shape index (κ2) is 3.64. The molecule has 1 aromatic heterocycles. The summed E-state index contributed by atoms with van der Waals surface area (Å²) in [7, 11) is 0. The Morgan fingerprint density at radius 1 is 1.43 bits per heavy atom. The second-order valence-corrected chi connectivity index (χ2v) is 3.17. The molecule has 2 aromatic rings.